The van der Waals surface area contributed by atoms with E-state index in [9.17, 15) is 9.90 Å². The van der Waals surface area contributed by atoms with E-state index < -0.39 is 12.6 Å². The van der Waals surface area contributed by atoms with Crippen LogP contribution in [0.2, 0.25) is 0 Å². The summed E-state index contributed by atoms with van der Waals surface area (Å²) in [6.45, 7) is 5.20. The second-order valence-electron chi connectivity index (χ2n) is 14.6. The molecule has 0 saturated heterocycles. The molecule has 0 aromatic carbocycles. The molecule has 0 heterocycles. The Morgan fingerprint density at radius 1 is 0.784 bits per heavy atom. The third-order valence-corrected chi connectivity index (χ3v) is 12.5. The van der Waals surface area contributed by atoms with Gasteiger partial charge in [0.15, 0.2) is 18.9 Å². The van der Waals surface area contributed by atoms with E-state index in [2.05, 4.69) is 0 Å². The molecule has 6 heteroatoms. The molecule has 0 aromatic rings. The van der Waals surface area contributed by atoms with E-state index in [0.29, 0.717) is 36.9 Å². The smallest absolute Gasteiger partial charge is 0.314 e. The van der Waals surface area contributed by atoms with Crippen molar-refractivity contribution in [2.24, 2.45) is 58.2 Å². The summed E-state index contributed by atoms with van der Waals surface area (Å²) in [5.41, 5.74) is -0.164. The third-order valence-electron chi connectivity index (χ3n) is 12.5. The van der Waals surface area contributed by atoms with Crippen molar-refractivity contribution >= 4 is 5.97 Å². The third kappa shape index (κ3) is 4.31. The zero-order valence-electron chi connectivity index (χ0n) is 22.9. The van der Waals surface area contributed by atoms with Gasteiger partial charge in [-0.25, -0.2) is 0 Å². The maximum absolute atomic E-state index is 13.1. The monoisotopic (exact) mass is 516 g/mol. The molecular formula is C31H48O6. The highest BCUT2D eigenvalue weighted by Crippen LogP contribution is 2.71. The summed E-state index contributed by atoms with van der Waals surface area (Å²) in [4.78, 5) is 13.1. The largest absolute Gasteiger partial charge is 0.436 e. The first kappa shape index (κ1) is 25.3. The van der Waals surface area contributed by atoms with Crippen molar-refractivity contribution in [1.29, 1.82) is 0 Å². The number of carbonyl (C=O) groups is 1. The second kappa shape index (κ2) is 9.45. The molecule has 1 N–H and O–H groups in total. The lowest BCUT2D eigenvalue weighted by Crippen LogP contribution is -2.39. The molecule has 0 aliphatic heterocycles. The van der Waals surface area contributed by atoms with E-state index in [1.54, 1.807) is 0 Å². The molecule has 9 rings (SSSR count). The Kier molecular flexibility index (Phi) is 6.46. The fourth-order valence-electron chi connectivity index (χ4n) is 10.9. The summed E-state index contributed by atoms with van der Waals surface area (Å²) >= 11 is 0. The molecule has 9 aliphatic rings. The summed E-state index contributed by atoms with van der Waals surface area (Å²) in [6.07, 6.45) is 13.8. The fourth-order valence-corrected chi connectivity index (χ4v) is 10.9. The van der Waals surface area contributed by atoms with Crippen molar-refractivity contribution in [2.75, 3.05) is 13.2 Å². The molecule has 7 unspecified atom stereocenters. The van der Waals surface area contributed by atoms with Crippen LogP contribution in [0, 0.1) is 58.2 Å². The molecule has 0 spiro atoms. The van der Waals surface area contributed by atoms with Crippen LogP contribution in [-0.2, 0) is 23.7 Å². The van der Waals surface area contributed by atoms with Gasteiger partial charge in [0.2, 0.25) is 0 Å². The highest BCUT2D eigenvalue weighted by molar-refractivity contribution is 5.78. The SMILES string of the molecule is CC(OCC1CCC(COC(C)OC(O)C23CC4CC2CC4C3)CC1)OC(=O)C12CC3CC(CC1C3)C2. The van der Waals surface area contributed by atoms with Crippen molar-refractivity contribution in [2.45, 2.75) is 116 Å². The van der Waals surface area contributed by atoms with Gasteiger partial charge in [-0.1, -0.05) is 0 Å². The lowest BCUT2D eigenvalue weighted by Gasteiger charge is -2.36. The molecule has 9 aliphatic carbocycles. The highest BCUT2D eigenvalue weighted by Gasteiger charge is 2.66. The summed E-state index contributed by atoms with van der Waals surface area (Å²) in [6, 6.07) is 0. The molecule has 0 amide bonds. The maximum atomic E-state index is 13.1. The Balaban J connectivity index is 0.790. The molecule has 6 nitrogen and oxygen atoms in total. The van der Waals surface area contributed by atoms with Crippen LogP contribution in [0.3, 0.4) is 0 Å². The number of carbonyl (C=O) groups excluding carboxylic acids is 1. The summed E-state index contributed by atoms with van der Waals surface area (Å²) in [5.74, 6) is 5.50. The van der Waals surface area contributed by atoms with Crippen LogP contribution in [0.25, 0.3) is 0 Å². The minimum absolute atomic E-state index is 0.0202. The number of hydrogen-bond acceptors (Lipinski definition) is 6. The average Bonchev–Trinajstić information content (AvgIpc) is 3.69. The van der Waals surface area contributed by atoms with Gasteiger partial charge < -0.3 is 24.1 Å². The Morgan fingerprint density at radius 3 is 1.89 bits per heavy atom. The van der Waals surface area contributed by atoms with Crippen molar-refractivity contribution in [3.63, 3.8) is 0 Å². The maximum Gasteiger partial charge on any atom is 0.314 e. The van der Waals surface area contributed by atoms with E-state index in [1.165, 1.54) is 32.1 Å². The summed E-state index contributed by atoms with van der Waals surface area (Å²) in [5, 5.41) is 10.9. The molecule has 37 heavy (non-hydrogen) atoms. The standard InChI is InChI=1S/C31H48O6/c1-18(36-28(32)30-12-22-7-23(13-30)9-26(30)8-22)34-16-20-3-5-21(6-4-20)17-35-19(2)37-29(33)31-14-24-10-27(31)11-25(24)15-31/h18-27,29,33H,3-17H2,1-2H3. The van der Waals surface area contributed by atoms with Crippen LogP contribution in [0.1, 0.15) is 97.3 Å². The number of aliphatic hydroxyl groups is 1. The van der Waals surface area contributed by atoms with Gasteiger partial charge in [-0.05, 0) is 145 Å². The van der Waals surface area contributed by atoms with Gasteiger partial charge in [-0.3, -0.25) is 4.79 Å². The average molecular weight is 517 g/mol. The van der Waals surface area contributed by atoms with Gasteiger partial charge in [0.1, 0.15) is 0 Å². The minimum atomic E-state index is -0.674. The molecule has 9 saturated carbocycles. The molecule has 7 atom stereocenters. The van der Waals surface area contributed by atoms with Gasteiger partial charge >= 0.3 is 5.97 Å². The van der Waals surface area contributed by atoms with E-state index in [4.69, 9.17) is 18.9 Å². The van der Waals surface area contributed by atoms with Gasteiger partial charge in [0, 0.05) is 5.41 Å². The van der Waals surface area contributed by atoms with Crippen molar-refractivity contribution in [1.82, 2.24) is 0 Å². The van der Waals surface area contributed by atoms with E-state index in [0.717, 1.165) is 75.0 Å². The van der Waals surface area contributed by atoms with E-state index in [1.807, 2.05) is 13.8 Å². The van der Waals surface area contributed by atoms with Crippen LogP contribution in [-0.4, -0.2) is 43.2 Å². The number of rotatable bonds is 11. The van der Waals surface area contributed by atoms with Gasteiger partial charge in [0.05, 0.1) is 18.6 Å². The quantitative estimate of drug-likeness (QED) is 0.282. The first-order valence-corrected chi connectivity index (χ1v) is 15.6. The van der Waals surface area contributed by atoms with Crippen molar-refractivity contribution < 1.29 is 28.8 Å². The topological polar surface area (TPSA) is 74.2 Å². The normalized spacial score (nSPS) is 49.2. The first-order valence-electron chi connectivity index (χ1n) is 15.6. The van der Waals surface area contributed by atoms with Crippen LogP contribution in [0.15, 0.2) is 0 Å². The van der Waals surface area contributed by atoms with Gasteiger partial charge in [-0.15, -0.1) is 0 Å². The lowest BCUT2D eigenvalue weighted by atomic mass is 9.75. The Labute approximate surface area is 222 Å². The molecule has 9 fully saturated rings. The summed E-state index contributed by atoms with van der Waals surface area (Å²) < 4.78 is 24.0. The van der Waals surface area contributed by atoms with Crippen LogP contribution >= 0.6 is 0 Å². The Morgan fingerprint density at radius 2 is 1.35 bits per heavy atom. The van der Waals surface area contributed by atoms with Crippen molar-refractivity contribution in [3.05, 3.63) is 0 Å². The fraction of sp³-hybridized carbons (Fsp3) is 0.968. The predicted molar refractivity (Wildman–Crippen MR) is 137 cm³/mol. The van der Waals surface area contributed by atoms with Crippen LogP contribution < -0.4 is 0 Å². The number of aliphatic hydroxyl groups excluding tert-OH is 1. The molecule has 208 valence electrons. The first-order chi connectivity index (χ1) is 17.8. The lowest BCUT2D eigenvalue weighted by molar-refractivity contribution is -0.266. The zero-order chi connectivity index (χ0) is 25.4. The van der Waals surface area contributed by atoms with Crippen molar-refractivity contribution in [3.8, 4) is 0 Å². The number of ether oxygens (including phenoxy) is 4. The molecule has 0 radical (unpaired) electrons. The van der Waals surface area contributed by atoms with E-state index in [-0.39, 0.29) is 23.1 Å². The Bertz CT molecular complexity index is 838. The molecule has 0 aromatic heterocycles. The molecular weight excluding hydrogens is 468 g/mol. The highest BCUT2D eigenvalue weighted by atomic mass is 16.7. The van der Waals surface area contributed by atoms with Gasteiger partial charge in [-0.2, -0.15) is 0 Å². The Hall–Kier alpha value is -0.690. The van der Waals surface area contributed by atoms with Crippen LogP contribution in [0.5, 0.6) is 0 Å². The molecule has 8 bridgehead atoms. The summed E-state index contributed by atoms with van der Waals surface area (Å²) in [7, 11) is 0. The van der Waals surface area contributed by atoms with Crippen LogP contribution in [0.4, 0.5) is 0 Å². The predicted octanol–water partition coefficient (Wildman–Crippen LogP) is 5.66. The number of hydrogen-bond donors (Lipinski definition) is 1. The number of esters is 1. The minimum Gasteiger partial charge on any atom is -0.436 e. The zero-order valence-corrected chi connectivity index (χ0v) is 22.9. The van der Waals surface area contributed by atoms with E-state index >= 15 is 0 Å². The second-order valence-corrected chi connectivity index (χ2v) is 14.6. The van der Waals surface area contributed by atoms with Gasteiger partial charge in [0.25, 0.3) is 0 Å².